The van der Waals surface area contributed by atoms with Gasteiger partial charge in [0.05, 0.1) is 11.6 Å². The summed E-state index contributed by atoms with van der Waals surface area (Å²) < 4.78 is 4.96. The molecule has 118 valence electrons. The first-order valence-electron chi connectivity index (χ1n) is 7.85. The van der Waals surface area contributed by atoms with Gasteiger partial charge in [-0.3, -0.25) is 14.7 Å². The highest BCUT2D eigenvalue weighted by Crippen LogP contribution is 2.21. The number of anilines is 1. The summed E-state index contributed by atoms with van der Waals surface area (Å²) in [5.74, 6) is -0.460. The van der Waals surface area contributed by atoms with Crippen LogP contribution in [0.25, 0.3) is 11.1 Å². The Morgan fingerprint density at radius 3 is 3.14 bits per heavy atom. The van der Waals surface area contributed by atoms with Crippen molar-refractivity contribution in [3.05, 3.63) is 28.7 Å². The van der Waals surface area contributed by atoms with Crippen LogP contribution in [-0.4, -0.2) is 34.9 Å². The number of hydrogen-bond acceptors (Lipinski definition) is 4. The second kappa shape index (κ2) is 6.36. The van der Waals surface area contributed by atoms with Crippen molar-refractivity contribution in [2.24, 2.45) is 0 Å². The van der Waals surface area contributed by atoms with Crippen molar-refractivity contribution in [2.75, 3.05) is 18.4 Å². The molecule has 6 heteroatoms. The maximum atomic E-state index is 12.5. The smallest absolute Gasteiger partial charge is 0.408 e. The highest BCUT2D eigenvalue weighted by molar-refractivity contribution is 5.96. The van der Waals surface area contributed by atoms with Crippen LogP contribution in [0.1, 0.15) is 32.6 Å². The maximum Gasteiger partial charge on any atom is 0.417 e. The molecule has 0 radical (unpaired) electrons. The Bertz CT molecular complexity index is 717. The lowest BCUT2D eigenvalue weighted by Gasteiger charge is -2.34. The minimum Gasteiger partial charge on any atom is -0.408 e. The van der Waals surface area contributed by atoms with Gasteiger partial charge in [0.2, 0.25) is 5.91 Å². The molecule has 2 N–H and O–H groups in total. The van der Waals surface area contributed by atoms with Crippen molar-refractivity contribution >= 4 is 22.7 Å². The zero-order chi connectivity index (χ0) is 15.5. The number of carbonyl (C=O) groups excluding carboxylic acids is 1. The van der Waals surface area contributed by atoms with Gasteiger partial charge in [0.25, 0.3) is 0 Å². The minimum absolute atomic E-state index is 0.0262. The largest absolute Gasteiger partial charge is 0.417 e. The second-order valence-electron chi connectivity index (χ2n) is 5.76. The van der Waals surface area contributed by atoms with E-state index in [1.165, 1.54) is 0 Å². The maximum absolute atomic E-state index is 12.5. The number of aromatic amines is 1. The summed E-state index contributed by atoms with van der Waals surface area (Å²) in [6.45, 7) is 4.07. The SMILES string of the molecule is CCCN1CCCC[C@H]1C(=O)Nc1ccc2oc(=O)[nH]c2c1. The first-order chi connectivity index (χ1) is 10.7. The van der Waals surface area contributed by atoms with Gasteiger partial charge in [0.1, 0.15) is 0 Å². The topological polar surface area (TPSA) is 78.3 Å². The van der Waals surface area contributed by atoms with Crippen LogP contribution in [0.2, 0.25) is 0 Å². The number of carbonyl (C=O) groups is 1. The molecule has 1 aromatic carbocycles. The van der Waals surface area contributed by atoms with Crippen molar-refractivity contribution in [1.82, 2.24) is 9.88 Å². The molecule has 0 spiro atoms. The molecule has 1 amide bonds. The Kier molecular flexibility index (Phi) is 4.29. The van der Waals surface area contributed by atoms with Gasteiger partial charge in [-0.15, -0.1) is 0 Å². The highest BCUT2D eigenvalue weighted by atomic mass is 16.4. The molecule has 1 aromatic heterocycles. The fourth-order valence-electron chi connectivity index (χ4n) is 3.10. The van der Waals surface area contributed by atoms with Gasteiger partial charge in [0, 0.05) is 5.69 Å². The van der Waals surface area contributed by atoms with Crippen LogP contribution in [0.4, 0.5) is 5.69 Å². The molecular weight excluding hydrogens is 282 g/mol. The summed E-state index contributed by atoms with van der Waals surface area (Å²) in [4.78, 5) is 28.6. The number of hydrogen-bond donors (Lipinski definition) is 2. The number of oxazole rings is 1. The molecular formula is C16H21N3O3. The lowest BCUT2D eigenvalue weighted by molar-refractivity contribution is -0.122. The first-order valence-corrected chi connectivity index (χ1v) is 7.85. The van der Waals surface area contributed by atoms with Crippen LogP contribution in [0.5, 0.6) is 0 Å². The molecule has 1 saturated heterocycles. The molecule has 0 aliphatic carbocycles. The summed E-state index contributed by atoms with van der Waals surface area (Å²) in [6.07, 6.45) is 4.20. The number of likely N-dealkylation sites (tertiary alicyclic amines) is 1. The van der Waals surface area contributed by atoms with E-state index in [2.05, 4.69) is 22.1 Å². The number of rotatable bonds is 4. The average molecular weight is 303 g/mol. The normalized spacial score (nSPS) is 19.4. The average Bonchev–Trinajstić information content (AvgIpc) is 2.87. The number of benzene rings is 1. The lowest BCUT2D eigenvalue weighted by Crippen LogP contribution is -2.47. The van der Waals surface area contributed by atoms with E-state index >= 15 is 0 Å². The number of nitrogens with one attached hydrogen (secondary N) is 2. The third kappa shape index (κ3) is 3.06. The number of fused-ring (bicyclic) bond motifs is 1. The minimum atomic E-state index is -0.486. The predicted octanol–water partition coefficient (Wildman–Crippen LogP) is 2.32. The van der Waals surface area contributed by atoms with E-state index in [1.54, 1.807) is 18.2 Å². The van der Waals surface area contributed by atoms with Crippen LogP contribution in [0, 0.1) is 0 Å². The Morgan fingerprint density at radius 1 is 1.45 bits per heavy atom. The van der Waals surface area contributed by atoms with Gasteiger partial charge < -0.3 is 9.73 Å². The van der Waals surface area contributed by atoms with Gasteiger partial charge in [0.15, 0.2) is 5.58 Å². The van der Waals surface area contributed by atoms with E-state index in [1.807, 2.05) is 0 Å². The standard InChI is InChI=1S/C16H21N3O3/c1-2-8-19-9-4-3-5-13(19)15(20)17-11-6-7-14-12(10-11)18-16(21)22-14/h6-7,10,13H,2-5,8-9H2,1H3,(H,17,20)(H,18,21)/t13-/m0/s1. The molecule has 22 heavy (non-hydrogen) atoms. The molecule has 6 nitrogen and oxygen atoms in total. The van der Waals surface area contributed by atoms with Crippen molar-refractivity contribution in [1.29, 1.82) is 0 Å². The van der Waals surface area contributed by atoms with E-state index in [9.17, 15) is 9.59 Å². The van der Waals surface area contributed by atoms with Crippen molar-refractivity contribution in [3.8, 4) is 0 Å². The summed E-state index contributed by atoms with van der Waals surface area (Å²) in [5.41, 5.74) is 1.77. The van der Waals surface area contributed by atoms with Crippen LogP contribution in [-0.2, 0) is 4.79 Å². The van der Waals surface area contributed by atoms with Crippen molar-refractivity contribution < 1.29 is 9.21 Å². The zero-order valence-electron chi connectivity index (χ0n) is 12.7. The highest BCUT2D eigenvalue weighted by Gasteiger charge is 2.28. The van der Waals surface area contributed by atoms with Gasteiger partial charge in [-0.05, 0) is 50.6 Å². The van der Waals surface area contributed by atoms with E-state index < -0.39 is 5.76 Å². The lowest BCUT2D eigenvalue weighted by atomic mass is 10.0. The second-order valence-corrected chi connectivity index (χ2v) is 5.76. The van der Waals surface area contributed by atoms with E-state index in [4.69, 9.17) is 4.42 Å². The summed E-state index contributed by atoms with van der Waals surface area (Å²) in [6, 6.07) is 5.11. The Morgan fingerprint density at radius 2 is 2.32 bits per heavy atom. The molecule has 2 aromatic rings. The fraction of sp³-hybridized carbons (Fsp3) is 0.500. The molecule has 0 bridgehead atoms. The molecule has 0 unspecified atom stereocenters. The Labute approximate surface area is 128 Å². The van der Waals surface area contributed by atoms with E-state index in [0.29, 0.717) is 16.8 Å². The van der Waals surface area contributed by atoms with Gasteiger partial charge in [-0.2, -0.15) is 0 Å². The van der Waals surface area contributed by atoms with Crippen LogP contribution in [0.15, 0.2) is 27.4 Å². The van der Waals surface area contributed by atoms with E-state index in [-0.39, 0.29) is 11.9 Å². The number of H-pyrrole nitrogens is 1. The summed E-state index contributed by atoms with van der Waals surface area (Å²) in [7, 11) is 0. The summed E-state index contributed by atoms with van der Waals surface area (Å²) in [5, 5.41) is 2.96. The summed E-state index contributed by atoms with van der Waals surface area (Å²) >= 11 is 0. The van der Waals surface area contributed by atoms with Crippen molar-refractivity contribution in [2.45, 2.75) is 38.6 Å². The van der Waals surface area contributed by atoms with Gasteiger partial charge >= 0.3 is 5.76 Å². The van der Waals surface area contributed by atoms with E-state index in [0.717, 1.165) is 38.8 Å². The molecule has 2 heterocycles. The number of aromatic nitrogens is 1. The molecule has 1 aliphatic rings. The first kappa shape index (κ1) is 14.8. The molecule has 1 fully saturated rings. The Hall–Kier alpha value is -2.08. The quantitative estimate of drug-likeness (QED) is 0.908. The van der Waals surface area contributed by atoms with Crippen LogP contribution >= 0.6 is 0 Å². The number of amides is 1. The number of nitrogens with zero attached hydrogens (tertiary/aromatic N) is 1. The van der Waals surface area contributed by atoms with Gasteiger partial charge in [-0.25, -0.2) is 4.79 Å². The monoisotopic (exact) mass is 303 g/mol. The van der Waals surface area contributed by atoms with Crippen molar-refractivity contribution in [3.63, 3.8) is 0 Å². The predicted molar refractivity (Wildman–Crippen MR) is 85.0 cm³/mol. The molecule has 0 saturated carbocycles. The fourth-order valence-corrected chi connectivity index (χ4v) is 3.10. The zero-order valence-corrected chi connectivity index (χ0v) is 12.7. The molecule has 1 aliphatic heterocycles. The molecule has 1 atom stereocenters. The van der Waals surface area contributed by atoms with Gasteiger partial charge in [-0.1, -0.05) is 13.3 Å². The van der Waals surface area contributed by atoms with Crippen LogP contribution in [0.3, 0.4) is 0 Å². The molecule has 3 rings (SSSR count). The van der Waals surface area contributed by atoms with Crippen LogP contribution < -0.4 is 11.1 Å². The Balaban J connectivity index is 1.74. The third-order valence-corrected chi connectivity index (χ3v) is 4.11. The number of piperidine rings is 1. The third-order valence-electron chi connectivity index (χ3n) is 4.11.